The number of aromatic nitrogens is 2. The number of nitrogens with one attached hydrogen (secondary N) is 2. The molecule has 0 aliphatic rings. The number of H-pyrrole nitrogens is 1. The van der Waals surface area contributed by atoms with Crippen molar-refractivity contribution in [1.82, 2.24) is 10.2 Å². The number of nitrogens with zero attached hydrogens (tertiary/aromatic N) is 1. The molecule has 180 valence electrons. The van der Waals surface area contributed by atoms with Crippen molar-refractivity contribution >= 4 is 22.6 Å². The maximum absolute atomic E-state index is 13.5. The normalized spacial score (nSPS) is 12.0. The zero-order chi connectivity index (χ0) is 25.4. The number of hydrogen-bond donors (Lipinski definition) is 3. The molecule has 0 fully saturated rings. The molecule has 2 heterocycles. The Kier molecular flexibility index (Phi) is 5.90. The molecule has 2 aromatic heterocycles. The summed E-state index contributed by atoms with van der Waals surface area (Å²) in [5.41, 5.74) is 5.94. The van der Waals surface area contributed by atoms with Crippen molar-refractivity contribution in [2.75, 3.05) is 5.32 Å². The van der Waals surface area contributed by atoms with Crippen molar-refractivity contribution in [1.29, 1.82) is 0 Å². The predicted octanol–water partition coefficient (Wildman–Crippen LogP) is 6.34. The number of aromatic carboxylic acids is 1. The number of carboxylic acid groups (broad SMARTS) is 1. The highest BCUT2D eigenvalue weighted by molar-refractivity contribution is 5.94. The van der Waals surface area contributed by atoms with Gasteiger partial charge in [0.1, 0.15) is 11.3 Å². The van der Waals surface area contributed by atoms with Crippen LogP contribution in [0.4, 0.5) is 5.69 Å². The molecule has 3 aromatic carbocycles. The molecule has 0 saturated heterocycles. The van der Waals surface area contributed by atoms with Crippen LogP contribution in [0.3, 0.4) is 0 Å². The van der Waals surface area contributed by atoms with Gasteiger partial charge in [0.05, 0.1) is 23.2 Å². The first-order valence-electron chi connectivity index (χ1n) is 11.6. The van der Waals surface area contributed by atoms with Crippen molar-refractivity contribution < 1.29 is 14.3 Å². The van der Waals surface area contributed by atoms with Crippen LogP contribution in [0.1, 0.15) is 40.0 Å². The summed E-state index contributed by atoms with van der Waals surface area (Å²) >= 11 is 0. The van der Waals surface area contributed by atoms with Crippen LogP contribution in [-0.4, -0.2) is 21.3 Å². The first kappa shape index (κ1) is 23.1. The molecule has 0 amide bonds. The molecule has 36 heavy (non-hydrogen) atoms. The van der Waals surface area contributed by atoms with Gasteiger partial charge in [0.15, 0.2) is 5.43 Å². The first-order valence-corrected chi connectivity index (χ1v) is 11.6. The second-order valence-electron chi connectivity index (χ2n) is 8.90. The minimum Gasteiger partial charge on any atom is -0.478 e. The van der Waals surface area contributed by atoms with Gasteiger partial charge in [-0.25, -0.2) is 4.79 Å². The van der Waals surface area contributed by atoms with E-state index in [0.29, 0.717) is 28.0 Å². The van der Waals surface area contributed by atoms with E-state index in [1.165, 1.54) is 0 Å². The van der Waals surface area contributed by atoms with Crippen LogP contribution >= 0.6 is 0 Å². The third-order valence-electron chi connectivity index (χ3n) is 6.34. The van der Waals surface area contributed by atoms with Crippen molar-refractivity contribution in [3.8, 4) is 22.5 Å². The van der Waals surface area contributed by atoms with E-state index < -0.39 is 5.97 Å². The van der Waals surface area contributed by atoms with E-state index in [0.717, 1.165) is 27.8 Å². The predicted molar refractivity (Wildman–Crippen MR) is 140 cm³/mol. The van der Waals surface area contributed by atoms with Gasteiger partial charge in [-0.1, -0.05) is 36.4 Å². The van der Waals surface area contributed by atoms with Crippen molar-refractivity contribution in [3.05, 3.63) is 106 Å². The zero-order valence-corrected chi connectivity index (χ0v) is 20.1. The van der Waals surface area contributed by atoms with Crippen LogP contribution in [0.25, 0.3) is 33.4 Å². The molecule has 0 bridgehead atoms. The largest absolute Gasteiger partial charge is 0.478 e. The summed E-state index contributed by atoms with van der Waals surface area (Å²) in [6.45, 7) is 5.63. The Morgan fingerprint density at radius 1 is 1.03 bits per heavy atom. The van der Waals surface area contributed by atoms with Gasteiger partial charge in [0, 0.05) is 34.1 Å². The standard InChI is InChI=1S/C29H25N3O4/c1-16-11-23(18(3)32-25-10-5-4-9-22(25)29(34)35)28-24(12-16)26(33)17(2)27(36-28)20-8-6-7-19(13-20)21-14-30-31-15-21/h4-15,18,32H,1-3H3,(H,30,31)(H,34,35)/t18-/m1/s1. The fourth-order valence-electron chi connectivity index (χ4n) is 4.52. The molecule has 0 unspecified atom stereocenters. The second kappa shape index (κ2) is 9.19. The lowest BCUT2D eigenvalue weighted by atomic mass is 9.97. The average molecular weight is 480 g/mol. The molecule has 0 aliphatic carbocycles. The zero-order valence-electron chi connectivity index (χ0n) is 20.1. The quantitative estimate of drug-likeness (QED) is 0.262. The van der Waals surface area contributed by atoms with E-state index in [1.807, 2.05) is 56.4 Å². The Morgan fingerprint density at radius 2 is 1.81 bits per heavy atom. The third-order valence-corrected chi connectivity index (χ3v) is 6.34. The molecule has 5 rings (SSSR count). The Bertz CT molecular complexity index is 1650. The average Bonchev–Trinajstić information content (AvgIpc) is 3.41. The van der Waals surface area contributed by atoms with Gasteiger partial charge in [0.25, 0.3) is 0 Å². The Balaban J connectivity index is 1.66. The molecule has 1 atom stereocenters. The highest BCUT2D eigenvalue weighted by Crippen LogP contribution is 2.34. The molecular formula is C29H25N3O4. The number of anilines is 1. The molecule has 0 aliphatic heterocycles. The summed E-state index contributed by atoms with van der Waals surface area (Å²) in [6.07, 6.45) is 3.55. The number of carboxylic acids is 1. The van der Waals surface area contributed by atoms with Crippen LogP contribution in [-0.2, 0) is 0 Å². The summed E-state index contributed by atoms with van der Waals surface area (Å²) in [5, 5.41) is 20.2. The van der Waals surface area contributed by atoms with Crippen LogP contribution in [0.5, 0.6) is 0 Å². The van der Waals surface area contributed by atoms with Gasteiger partial charge in [-0.2, -0.15) is 5.10 Å². The van der Waals surface area contributed by atoms with E-state index in [9.17, 15) is 14.7 Å². The fraction of sp³-hybridized carbons (Fsp3) is 0.138. The first-order chi connectivity index (χ1) is 17.3. The molecule has 0 saturated carbocycles. The molecule has 7 nitrogen and oxygen atoms in total. The van der Waals surface area contributed by atoms with Gasteiger partial charge in [-0.05, 0) is 56.2 Å². The molecule has 7 heteroatoms. The van der Waals surface area contributed by atoms with Crippen LogP contribution in [0.15, 0.2) is 82.3 Å². The smallest absolute Gasteiger partial charge is 0.337 e. The number of fused-ring (bicyclic) bond motifs is 1. The number of rotatable bonds is 6. The van der Waals surface area contributed by atoms with Crippen molar-refractivity contribution in [2.45, 2.75) is 26.8 Å². The molecule has 3 N–H and O–H groups in total. The number of hydrogen-bond acceptors (Lipinski definition) is 5. The lowest BCUT2D eigenvalue weighted by molar-refractivity contribution is 0.0698. The minimum absolute atomic E-state index is 0.0944. The van der Waals surface area contributed by atoms with E-state index in [2.05, 4.69) is 15.5 Å². The molecule has 0 radical (unpaired) electrons. The SMILES string of the molecule is Cc1cc([C@@H](C)Nc2ccccc2C(=O)O)c2oc(-c3cccc(-c4cn[nH]c4)c3)c(C)c(=O)c2c1. The van der Waals surface area contributed by atoms with Crippen LogP contribution < -0.4 is 10.7 Å². The summed E-state index contributed by atoms with van der Waals surface area (Å²) in [5.74, 6) is -0.512. The van der Waals surface area contributed by atoms with E-state index in [1.54, 1.807) is 37.4 Å². The molecular weight excluding hydrogens is 454 g/mol. The fourth-order valence-corrected chi connectivity index (χ4v) is 4.52. The van der Waals surface area contributed by atoms with Gasteiger partial charge >= 0.3 is 5.97 Å². The molecule has 0 spiro atoms. The number of para-hydroxylation sites is 1. The monoisotopic (exact) mass is 479 g/mol. The number of aromatic amines is 1. The van der Waals surface area contributed by atoms with E-state index in [4.69, 9.17) is 4.42 Å². The third kappa shape index (κ3) is 4.15. The Labute approximate surface area is 207 Å². The summed E-state index contributed by atoms with van der Waals surface area (Å²) in [7, 11) is 0. The Hall–Kier alpha value is -4.65. The van der Waals surface area contributed by atoms with Crippen molar-refractivity contribution in [3.63, 3.8) is 0 Å². The van der Waals surface area contributed by atoms with Gasteiger partial charge in [0.2, 0.25) is 0 Å². The van der Waals surface area contributed by atoms with Crippen LogP contribution in [0, 0.1) is 13.8 Å². The van der Waals surface area contributed by atoms with Crippen LogP contribution in [0.2, 0.25) is 0 Å². The minimum atomic E-state index is -1.01. The number of benzene rings is 3. The number of aryl methyl sites for hydroxylation is 1. The summed E-state index contributed by atoms with van der Waals surface area (Å²) in [4.78, 5) is 25.2. The van der Waals surface area contributed by atoms with E-state index >= 15 is 0 Å². The van der Waals surface area contributed by atoms with Gasteiger partial charge in [-0.3, -0.25) is 9.89 Å². The maximum Gasteiger partial charge on any atom is 0.337 e. The van der Waals surface area contributed by atoms with Crippen molar-refractivity contribution in [2.24, 2.45) is 0 Å². The maximum atomic E-state index is 13.5. The van der Waals surface area contributed by atoms with Gasteiger partial charge < -0.3 is 14.8 Å². The lowest BCUT2D eigenvalue weighted by Gasteiger charge is -2.20. The highest BCUT2D eigenvalue weighted by Gasteiger charge is 2.20. The second-order valence-corrected chi connectivity index (χ2v) is 8.90. The summed E-state index contributed by atoms with van der Waals surface area (Å²) < 4.78 is 6.47. The summed E-state index contributed by atoms with van der Waals surface area (Å²) in [6, 6.07) is 18.0. The topological polar surface area (TPSA) is 108 Å². The highest BCUT2D eigenvalue weighted by atomic mass is 16.4. The number of carbonyl (C=O) groups is 1. The van der Waals surface area contributed by atoms with E-state index in [-0.39, 0.29) is 17.0 Å². The lowest BCUT2D eigenvalue weighted by Crippen LogP contribution is -2.14. The molecule has 5 aromatic rings. The Morgan fingerprint density at radius 3 is 2.56 bits per heavy atom. The van der Waals surface area contributed by atoms with Gasteiger partial charge in [-0.15, -0.1) is 0 Å².